The van der Waals surface area contributed by atoms with Crippen molar-refractivity contribution in [3.8, 4) is 5.75 Å². The lowest BCUT2D eigenvalue weighted by Gasteiger charge is -2.21. The minimum Gasteiger partial charge on any atom is -0.482 e. The van der Waals surface area contributed by atoms with E-state index in [9.17, 15) is 4.79 Å². The van der Waals surface area contributed by atoms with Gasteiger partial charge >= 0.3 is 0 Å². The van der Waals surface area contributed by atoms with Gasteiger partial charge in [0.1, 0.15) is 5.75 Å². The van der Waals surface area contributed by atoms with E-state index in [1.165, 1.54) is 12.8 Å². The summed E-state index contributed by atoms with van der Waals surface area (Å²) in [6.07, 6.45) is 2.54. The number of hydrogen-bond donors (Lipinski definition) is 1. The first-order valence-corrected chi connectivity index (χ1v) is 7.10. The van der Waals surface area contributed by atoms with Gasteiger partial charge in [-0.15, -0.1) is 0 Å². The highest BCUT2D eigenvalue weighted by atomic mass is 16.5. The lowest BCUT2D eigenvalue weighted by atomic mass is 10.3. The van der Waals surface area contributed by atoms with E-state index < -0.39 is 0 Å². The Hall–Kier alpha value is -1.75. The second kappa shape index (κ2) is 7.14. The highest BCUT2D eigenvalue weighted by Crippen LogP contribution is 2.19. The molecule has 1 aliphatic heterocycles. The lowest BCUT2D eigenvalue weighted by molar-refractivity contribution is -0.132. The molecule has 20 heavy (non-hydrogen) atoms. The molecule has 5 heteroatoms. The molecule has 0 aliphatic carbocycles. The monoisotopic (exact) mass is 277 g/mol. The van der Waals surface area contributed by atoms with Gasteiger partial charge in [0.15, 0.2) is 6.61 Å². The Morgan fingerprint density at radius 2 is 2.05 bits per heavy atom. The van der Waals surface area contributed by atoms with Gasteiger partial charge in [-0.2, -0.15) is 0 Å². The molecule has 0 bridgehead atoms. The van der Waals surface area contributed by atoms with Crippen LogP contribution in [-0.4, -0.2) is 55.5 Å². The SMILES string of the molecule is CN(CCN1CCCC1)C(=O)COc1ccccc1N. The van der Waals surface area contributed by atoms with Crippen molar-refractivity contribution in [2.75, 3.05) is 45.6 Å². The van der Waals surface area contributed by atoms with E-state index in [4.69, 9.17) is 10.5 Å². The fourth-order valence-corrected chi connectivity index (χ4v) is 2.28. The summed E-state index contributed by atoms with van der Waals surface area (Å²) in [5.74, 6) is 0.543. The van der Waals surface area contributed by atoms with E-state index >= 15 is 0 Å². The fourth-order valence-electron chi connectivity index (χ4n) is 2.28. The molecule has 1 heterocycles. The number of anilines is 1. The van der Waals surface area contributed by atoms with Crippen molar-refractivity contribution in [1.82, 2.24) is 9.80 Å². The molecule has 0 atom stereocenters. The highest BCUT2D eigenvalue weighted by Gasteiger charge is 2.14. The molecule has 1 fully saturated rings. The van der Waals surface area contributed by atoms with Crippen molar-refractivity contribution < 1.29 is 9.53 Å². The van der Waals surface area contributed by atoms with Crippen LogP contribution in [0.25, 0.3) is 0 Å². The third-order valence-electron chi connectivity index (χ3n) is 3.65. The van der Waals surface area contributed by atoms with Gasteiger partial charge in [-0.3, -0.25) is 4.79 Å². The molecule has 0 unspecified atom stereocenters. The van der Waals surface area contributed by atoms with E-state index in [0.717, 1.165) is 26.2 Å². The van der Waals surface area contributed by atoms with Crippen LogP contribution in [0, 0.1) is 0 Å². The first-order chi connectivity index (χ1) is 9.66. The average Bonchev–Trinajstić information content (AvgIpc) is 2.97. The zero-order chi connectivity index (χ0) is 14.4. The van der Waals surface area contributed by atoms with Gasteiger partial charge in [0.05, 0.1) is 5.69 Å². The predicted octanol–water partition coefficient (Wildman–Crippen LogP) is 1.20. The molecule has 5 nitrogen and oxygen atoms in total. The van der Waals surface area contributed by atoms with Gasteiger partial charge in [0.25, 0.3) is 5.91 Å². The Labute approximate surface area is 120 Å². The van der Waals surface area contributed by atoms with E-state index in [1.54, 1.807) is 17.0 Å². The van der Waals surface area contributed by atoms with Crippen LogP contribution < -0.4 is 10.5 Å². The van der Waals surface area contributed by atoms with Crippen molar-refractivity contribution in [1.29, 1.82) is 0 Å². The largest absolute Gasteiger partial charge is 0.482 e. The lowest BCUT2D eigenvalue weighted by Crippen LogP contribution is -2.37. The van der Waals surface area contributed by atoms with Crippen molar-refractivity contribution in [3.05, 3.63) is 24.3 Å². The molecule has 1 aliphatic rings. The van der Waals surface area contributed by atoms with Crippen molar-refractivity contribution in [2.24, 2.45) is 0 Å². The number of hydrogen-bond acceptors (Lipinski definition) is 4. The number of benzene rings is 1. The Morgan fingerprint density at radius 1 is 1.35 bits per heavy atom. The Balaban J connectivity index is 1.72. The van der Waals surface area contributed by atoms with E-state index in [2.05, 4.69) is 4.90 Å². The summed E-state index contributed by atoms with van der Waals surface area (Å²) in [6, 6.07) is 7.21. The number of likely N-dealkylation sites (tertiary alicyclic amines) is 1. The van der Waals surface area contributed by atoms with Gasteiger partial charge < -0.3 is 20.3 Å². The number of nitrogens with two attached hydrogens (primary N) is 1. The van der Waals surface area contributed by atoms with Crippen molar-refractivity contribution in [2.45, 2.75) is 12.8 Å². The zero-order valence-corrected chi connectivity index (χ0v) is 12.0. The van der Waals surface area contributed by atoms with Crippen LogP contribution in [0.1, 0.15) is 12.8 Å². The third kappa shape index (κ3) is 4.13. The van der Waals surface area contributed by atoms with Crippen molar-refractivity contribution in [3.63, 3.8) is 0 Å². The van der Waals surface area contributed by atoms with Crippen LogP contribution in [0.4, 0.5) is 5.69 Å². The van der Waals surface area contributed by atoms with Gasteiger partial charge in [0.2, 0.25) is 0 Å². The van der Waals surface area contributed by atoms with E-state index in [0.29, 0.717) is 11.4 Å². The number of nitrogens with zero attached hydrogens (tertiary/aromatic N) is 2. The normalized spacial score (nSPS) is 15.2. The molecule has 1 aromatic carbocycles. The van der Waals surface area contributed by atoms with Crippen LogP contribution in [0.15, 0.2) is 24.3 Å². The number of amides is 1. The summed E-state index contributed by atoms with van der Waals surface area (Å²) >= 11 is 0. The van der Waals surface area contributed by atoms with E-state index in [-0.39, 0.29) is 12.5 Å². The molecule has 1 saturated heterocycles. The van der Waals surface area contributed by atoms with Gasteiger partial charge in [-0.05, 0) is 38.1 Å². The zero-order valence-electron chi connectivity index (χ0n) is 12.0. The van der Waals surface area contributed by atoms with Gasteiger partial charge in [0, 0.05) is 20.1 Å². The number of para-hydroxylation sites is 2. The maximum absolute atomic E-state index is 12.0. The molecule has 0 saturated carbocycles. The summed E-state index contributed by atoms with van der Waals surface area (Å²) in [5, 5.41) is 0. The van der Waals surface area contributed by atoms with Gasteiger partial charge in [-0.1, -0.05) is 12.1 Å². The van der Waals surface area contributed by atoms with Gasteiger partial charge in [-0.25, -0.2) is 0 Å². The second-order valence-corrected chi connectivity index (χ2v) is 5.19. The Morgan fingerprint density at radius 3 is 2.75 bits per heavy atom. The maximum Gasteiger partial charge on any atom is 0.260 e. The molecule has 110 valence electrons. The van der Waals surface area contributed by atoms with Crippen LogP contribution in [0.5, 0.6) is 5.75 Å². The average molecular weight is 277 g/mol. The van der Waals surface area contributed by atoms with Crippen LogP contribution in [0.3, 0.4) is 0 Å². The first kappa shape index (κ1) is 14.7. The second-order valence-electron chi connectivity index (χ2n) is 5.19. The molecule has 0 aromatic heterocycles. The van der Waals surface area contributed by atoms with E-state index in [1.807, 2.05) is 19.2 Å². The Kier molecular flexibility index (Phi) is 5.24. The molecular weight excluding hydrogens is 254 g/mol. The highest BCUT2D eigenvalue weighted by molar-refractivity contribution is 5.77. The summed E-state index contributed by atoms with van der Waals surface area (Å²) in [6.45, 7) is 4.02. The standard InChI is InChI=1S/C15H23N3O2/c1-17(10-11-18-8-4-5-9-18)15(19)12-20-14-7-3-2-6-13(14)16/h2-3,6-7H,4-5,8-12,16H2,1H3. The summed E-state index contributed by atoms with van der Waals surface area (Å²) in [4.78, 5) is 16.1. The topological polar surface area (TPSA) is 58.8 Å². The molecule has 0 spiro atoms. The predicted molar refractivity (Wildman–Crippen MR) is 79.7 cm³/mol. The maximum atomic E-state index is 12.0. The number of ether oxygens (including phenoxy) is 1. The first-order valence-electron chi connectivity index (χ1n) is 7.10. The summed E-state index contributed by atoms with van der Waals surface area (Å²) in [7, 11) is 1.82. The number of likely N-dealkylation sites (N-methyl/N-ethyl adjacent to an activating group) is 1. The molecular formula is C15H23N3O2. The minimum absolute atomic E-state index is 0.0209. The Bertz CT molecular complexity index is 444. The number of nitrogen functional groups attached to an aromatic ring is 1. The smallest absolute Gasteiger partial charge is 0.260 e. The quantitative estimate of drug-likeness (QED) is 0.794. The number of carbonyl (C=O) groups is 1. The summed E-state index contributed by atoms with van der Waals surface area (Å²) in [5.41, 5.74) is 6.32. The third-order valence-corrected chi connectivity index (χ3v) is 3.65. The minimum atomic E-state index is -0.0209. The fraction of sp³-hybridized carbons (Fsp3) is 0.533. The van der Waals surface area contributed by atoms with Crippen LogP contribution in [-0.2, 0) is 4.79 Å². The van der Waals surface area contributed by atoms with Crippen LogP contribution >= 0.6 is 0 Å². The molecule has 2 rings (SSSR count). The van der Waals surface area contributed by atoms with Crippen LogP contribution in [0.2, 0.25) is 0 Å². The number of rotatable bonds is 6. The molecule has 2 N–H and O–H groups in total. The number of carbonyl (C=O) groups excluding carboxylic acids is 1. The molecule has 1 amide bonds. The molecule has 1 aromatic rings. The molecule has 0 radical (unpaired) electrons. The summed E-state index contributed by atoms with van der Waals surface area (Å²) < 4.78 is 5.46. The van der Waals surface area contributed by atoms with Crippen molar-refractivity contribution >= 4 is 11.6 Å².